The average Bonchev–Trinajstić information content (AvgIpc) is 2.73. The minimum atomic E-state index is 0.306. The molecule has 0 saturated carbocycles. The largest absolute Gasteiger partial charge is 0.423 e. The summed E-state index contributed by atoms with van der Waals surface area (Å²) in [6.45, 7) is 1.86. The van der Waals surface area contributed by atoms with Gasteiger partial charge in [0, 0.05) is 18.5 Å². The predicted molar refractivity (Wildman–Crippen MR) is 65.1 cm³/mol. The van der Waals surface area contributed by atoms with Crippen LogP contribution < -0.4 is 4.90 Å². The molecular weight excluding hydrogens is 224 g/mol. The number of oxazole rings is 1. The van der Waals surface area contributed by atoms with Crippen LogP contribution in [0.1, 0.15) is 12.8 Å². The molecule has 0 amide bonds. The summed E-state index contributed by atoms with van der Waals surface area (Å²) >= 11 is 6.07. The van der Waals surface area contributed by atoms with Crippen LogP contribution in [-0.4, -0.2) is 23.5 Å². The predicted octanol–water partition coefficient (Wildman–Crippen LogP) is 3.04. The number of hydrogen-bond donors (Lipinski definition) is 0. The molecule has 0 aliphatic carbocycles. The highest BCUT2D eigenvalue weighted by atomic mass is 35.5. The van der Waals surface area contributed by atoms with E-state index in [1.807, 2.05) is 24.3 Å². The number of halogens is 1. The topological polar surface area (TPSA) is 29.3 Å². The zero-order valence-electron chi connectivity index (χ0n) is 8.90. The molecule has 1 aliphatic heterocycles. The van der Waals surface area contributed by atoms with Crippen molar-refractivity contribution < 1.29 is 4.42 Å². The normalized spacial score (nSPS) is 18.2. The Morgan fingerprint density at radius 2 is 2.00 bits per heavy atom. The molecule has 0 radical (unpaired) electrons. The van der Waals surface area contributed by atoms with Crippen molar-refractivity contribution in [3.63, 3.8) is 0 Å². The van der Waals surface area contributed by atoms with Crippen molar-refractivity contribution >= 4 is 28.7 Å². The summed E-state index contributed by atoms with van der Waals surface area (Å²) in [6.07, 6.45) is 2.00. The molecule has 3 rings (SSSR count). The van der Waals surface area contributed by atoms with Crippen molar-refractivity contribution in [2.45, 2.75) is 18.2 Å². The smallest absolute Gasteiger partial charge is 0.298 e. The third-order valence-corrected chi connectivity index (χ3v) is 3.41. The van der Waals surface area contributed by atoms with Crippen LogP contribution in [0.4, 0.5) is 6.01 Å². The molecule has 3 nitrogen and oxygen atoms in total. The van der Waals surface area contributed by atoms with Gasteiger partial charge in [-0.2, -0.15) is 4.98 Å². The lowest BCUT2D eigenvalue weighted by molar-refractivity contribution is 0.513. The highest BCUT2D eigenvalue weighted by Crippen LogP contribution is 2.25. The Morgan fingerprint density at radius 3 is 2.75 bits per heavy atom. The van der Waals surface area contributed by atoms with Gasteiger partial charge in [-0.05, 0) is 25.0 Å². The zero-order valence-corrected chi connectivity index (χ0v) is 9.65. The fourth-order valence-corrected chi connectivity index (χ4v) is 2.23. The van der Waals surface area contributed by atoms with E-state index in [2.05, 4.69) is 9.88 Å². The summed E-state index contributed by atoms with van der Waals surface area (Å²) in [4.78, 5) is 6.64. The lowest BCUT2D eigenvalue weighted by Crippen LogP contribution is -2.34. The number of alkyl halides is 1. The van der Waals surface area contributed by atoms with E-state index in [9.17, 15) is 0 Å². The summed E-state index contributed by atoms with van der Waals surface area (Å²) < 4.78 is 5.71. The van der Waals surface area contributed by atoms with E-state index in [-0.39, 0.29) is 0 Å². The van der Waals surface area contributed by atoms with Gasteiger partial charge >= 0.3 is 0 Å². The maximum Gasteiger partial charge on any atom is 0.298 e. The molecule has 2 aromatic rings. The molecule has 1 saturated heterocycles. The number of hydrogen-bond acceptors (Lipinski definition) is 3. The Balaban J connectivity index is 1.88. The first-order valence-electron chi connectivity index (χ1n) is 5.57. The van der Waals surface area contributed by atoms with Crippen LogP contribution in [-0.2, 0) is 0 Å². The zero-order chi connectivity index (χ0) is 11.0. The quantitative estimate of drug-likeness (QED) is 0.713. The Kier molecular flexibility index (Phi) is 2.48. The third-order valence-electron chi connectivity index (χ3n) is 2.98. The Labute approximate surface area is 99.0 Å². The lowest BCUT2D eigenvalue weighted by Gasteiger charge is -2.27. The van der Waals surface area contributed by atoms with E-state index in [4.69, 9.17) is 16.0 Å². The minimum absolute atomic E-state index is 0.306. The number of rotatable bonds is 1. The third kappa shape index (κ3) is 1.76. The second-order valence-electron chi connectivity index (χ2n) is 4.13. The van der Waals surface area contributed by atoms with Gasteiger partial charge in [0.2, 0.25) is 0 Å². The van der Waals surface area contributed by atoms with Gasteiger partial charge in [-0.3, -0.25) is 0 Å². The van der Waals surface area contributed by atoms with Gasteiger partial charge < -0.3 is 9.32 Å². The van der Waals surface area contributed by atoms with Crippen LogP contribution in [0, 0.1) is 0 Å². The van der Waals surface area contributed by atoms with Crippen molar-refractivity contribution in [3.8, 4) is 0 Å². The number of benzene rings is 1. The fraction of sp³-hybridized carbons (Fsp3) is 0.417. The average molecular weight is 237 g/mol. The molecule has 0 bridgehead atoms. The number of para-hydroxylation sites is 2. The number of fused-ring (bicyclic) bond motifs is 1. The minimum Gasteiger partial charge on any atom is -0.423 e. The molecule has 84 valence electrons. The number of aromatic nitrogens is 1. The van der Waals surface area contributed by atoms with Crippen LogP contribution in [0.15, 0.2) is 28.7 Å². The molecule has 1 aliphatic rings. The van der Waals surface area contributed by atoms with E-state index < -0.39 is 0 Å². The lowest BCUT2D eigenvalue weighted by atomic mass is 10.1. The molecule has 16 heavy (non-hydrogen) atoms. The Morgan fingerprint density at radius 1 is 1.25 bits per heavy atom. The molecule has 0 spiro atoms. The SMILES string of the molecule is ClC1CCN(c2nc3ccccc3o2)CC1. The summed E-state index contributed by atoms with van der Waals surface area (Å²) in [7, 11) is 0. The van der Waals surface area contributed by atoms with E-state index in [0.29, 0.717) is 5.38 Å². The fourth-order valence-electron chi connectivity index (χ4n) is 2.03. The van der Waals surface area contributed by atoms with Gasteiger partial charge in [0.1, 0.15) is 5.52 Å². The van der Waals surface area contributed by atoms with Crippen molar-refractivity contribution in [3.05, 3.63) is 24.3 Å². The monoisotopic (exact) mass is 236 g/mol. The first kappa shape index (κ1) is 9.97. The second kappa shape index (κ2) is 3.98. The second-order valence-corrected chi connectivity index (χ2v) is 4.74. The molecule has 1 fully saturated rings. The molecule has 1 aromatic carbocycles. The van der Waals surface area contributed by atoms with Crippen LogP contribution in [0.25, 0.3) is 11.1 Å². The summed E-state index contributed by atoms with van der Waals surface area (Å²) in [5.74, 6) is 0. The number of anilines is 1. The summed E-state index contributed by atoms with van der Waals surface area (Å²) in [5.41, 5.74) is 1.77. The highest BCUT2D eigenvalue weighted by molar-refractivity contribution is 6.20. The van der Waals surface area contributed by atoms with Crippen LogP contribution in [0.3, 0.4) is 0 Å². The van der Waals surface area contributed by atoms with Gasteiger partial charge in [-0.25, -0.2) is 0 Å². The van der Waals surface area contributed by atoms with Crippen LogP contribution >= 0.6 is 11.6 Å². The number of nitrogens with zero attached hydrogens (tertiary/aromatic N) is 2. The Bertz CT molecular complexity index is 455. The van der Waals surface area contributed by atoms with Crippen molar-refractivity contribution in [1.82, 2.24) is 4.98 Å². The Hall–Kier alpha value is -1.22. The van der Waals surface area contributed by atoms with Crippen molar-refractivity contribution in [2.24, 2.45) is 0 Å². The molecule has 0 N–H and O–H groups in total. The number of piperidine rings is 1. The van der Waals surface area contributed by atoms with E-state index in [0.717, 1.165) is 43.0 Å². The molecular formula is C12H13ClN2O. The maximum atomic E-state index is 6.07. The molecule has 2 heterocycles. The van der Waals surface area contributed by atoms with Crippen LogP contribution in [0.2, 0.25) is 0 Å². The van der Waals surface area contributed by atoms with Crippen LogP contribution in [0.5, 0.6) is 0 Å². The standard InChI is InChI=1S/C12H13ClN2O/c13-9-5-7-15(8-6-9)12-14-10-3-1-2-4-11(10)16-12/h1-4,9H,5-8H2. The highest BCUT2D eigenvalue weighted by Gasteiger charge is 2.20. The van der Waals surface area contributed by atoms with Crippen molar-refractivity contribution in [2.75, 3.05) is 18.0 Å². The first-order chi connectivity index (χ1) is 7.83. The van der Waals surface area contributed by atoms with E-state index in [1.165, 1.54) is 0 Å². The van der Waals surface area contributed by atoms with Gasteiger partial charge in [-0.1, -0.05) is 12.1 Å². The van der Waals surface area contributed by atoms with Gasteiger partial charge in [0.05, 0.1) is 0 Å². The maximum absolute atomic E-state index is 6.07. The van der Waals surface area contributed by atoms with Crippen molar-refractivity contribution in [1.29, 1.82) is 0 Å². The van der Waals surface area contributed by atoms with Gasteiger partial charge in [0.25, 0.3) is 6.01 Å². The summed E-state index contributed by atoms with van der Waals surface area (Å²) in [5, 5.41) is 0.306. The van der Waals surface area contributed by atoms with E-state index in [1.54, 1.807) is 0 Å². The first-order valence-corrected chi connectivity index (χ1v) is 6.01. The molecule has 1 aromatic heterocycles. The summed E-state index contributed by atoms with van der Waals surface area (Å²) in [6, 6.07) is 8.57. The van der Waals surface area contributed by atoms with Gasteiger partial charge in [-0.15, -0.1) is 11.6 Å². The van der Waals surface area contributed by atoms with E-state index >= 15 is 0 Å². The van der Waals surface area contributed by atoms with Gasteiger partial charge in [0.15, 0.2) is 5.58 Å². The molecule has 4 heteroatoms. The molecule has 0 atom stereocenters. The molecule has 0 unspecified atom stereocenters.